The van der Waals surface area contributed by atoms with Gasteiger partial charge in [-0.1, -0.05) is 60.7 Å². The zero-order chi connectivity index (χ0) is 26.4. The summed E-state index contributed by atoms with van der Waals surface area (Å²) in [4.78, 5) is 32.9. The zero-order valence-corrected chi connectivity index (χ0v) is 22.4. The van der Waals surface area contributed by atoms with Gasteiger partial charge in [0.1, 0.15) is 16.7 Å². The number of amides is 2. The molecule has 0 bridgehead atoms. The molecule has 0 saturated carbocycles. The van der Waals surface area contributed by atoms with Crippen LogP contribution in [0.25, 0.3) is 22.0 Å². The van der Waals surface area contributed by atoms with E-state index >= 15 is 4.39 Å². The van der Waals surface area contributed by atoms with E-state index in [2.05, 4.69) is 15.6 Å². The average molecular weight is 527 g/mol. The number of benzene rings is 2. The first-order valence-corrected chi connectivity index (χ1v) is 13.7. The number of thiazole rings is 1. The highest BCUT2D eigenvalue weighted by Gasteiger charge is 2.35. The van der Waals surface area contributed by atoms with E-state index < -0.39 is 12.1 Å². The number of carbonyl (C=O) groups excluding carboxylic acids is 2. The lowest BCUT2D eigenvalue weighted by Crippen LogP contribution is -2.56. The quantitative estimate of drug-likeness (QED) is 0.410. The Labute approximate surface area is 221 Å². The van der Waals surface area contributed by atoms with Crippen molar-refractivity contribution in [1.29, 1.82) is 0 Å². The highest BCUT2D eigenvalue weighted by Crippen LogP contribution is 2.33. The van der Waals surface area contributed by atoms with E-state index in [1.165, 1.54) is 0 Å². The van der Waals surface area contributed by atoms with Gasteiger partial charge in [-0.05, 0) is 49.9 Å². The van der Waals surface area contributed by atoms with E-state index in [0.29, 0.717) is 43.3 Å². The van der Waals surface area contributed by atoms with Gasteiger partial charge >= 0.3 is 0 Å². The number of hydrogen-bond acceptors (Lipinski definition) is 6. The first-order valence-electron chi connectivity index (χ1n) is 12.9. The molecule has 4 rings (SSSR count). The van der Waals surface area contributed by atoms with Crippen LogP contribution in [0.3, 0.4) is 0 Å². The number of carbonyl (C=O) groups is 2. The number of fused-ring (bicyclic) bond motifs is 1. The van der Waals surface area contributed by atoms with Crippen molar-refractivity contribution in [3.63, 3.8) is 0 Å². The van der Waals surface area contributed by atoms with Crippen molar-refractivity contribution in [3.05, 3.63) is 52.6 Å². The van der Waals surface area contributed by atoms with Crippen LogP contribution in [0.15, 0.2) is 42.5 Å². The summed E-state index contributed by atoms with van der Waals surface area (Å²) in [6.45, 7) is 5.56. The molecule has 3 aromatic rings. The van der Waals surface area contributed by atoms with Crippen LogP contribution in [-0.4, -0.2) is 60.6 Å². The van der Waals surface area contributed by atoms with Crippen molar-refractivity contribution >= 4 is 33.9 Å². The lowest BCUT2D eigenvalue weighted by Gasteiger charge is -2.34. The fourth-order valence-electron chi connectivity index (χ4n) is 4.75. The molecular weight excluding hydrogens is 491 g/mol. The normalized spacial score (nSPS) is 15.9. The SMILES string of the molecule is CCCN(Cc1nc(-c2cccc3ccccc23)c(F)s1)C(=O)C(NC(=O)[C@H](C)NC)C1CCOCC1. The first kappa shape index (κ1) is 27.2. The monoisotopic (exact) mass is 526 g/mol. The molecule has 2 N–H and O–H groups in total. The smallest absolute Gasteiger partial charge is 0.245 e. The molecule has 1 aliphatic heterocycles. The van der Waals surface area contributed by atoms with E-state index in [9.17, 15) is 9.59 Å². The number of hydrogen-bond donors (Lipinski definition) is 2. The molecule has 2 amide bonds. The molecule has 1 fully saturated rings. The summed E-state index contributed by atoms with van der Waals surface area (Å²) in [7, 11) is 1.71. The number of likely N-dealkylation sites (N-methyl/N-ethyl adjacent to an activating group) is 1. The number of nitrogens with one attached hydrogen (secondary N) is 2. The minimum Gasteiger partial charge on any atom is -0.381 e. The molecule has 9 heteroatoms. The highest BCUT2D eigenvalue weighted by atomic mass is 32.1. The average Bonchev–Trinajstić information content (AvgIpc) is 3.30. The summed E-state index contributed by atoms with van der Waals surface area (Å²) in [6, 6.07) is 12.5. The highest BCUT2D eigenvalue weighted by molar-refractivity contribution is 7.10. The Morgan fingerprint density at radius 1 is 1.19 bits per heavy atom. The van der Waals surface area contributed by atoms with Gasteiger partial charge in [-0.25, -0.2) is 4.98 Å². The minimum absolute atomic E-state index is 0.0205. The molecule has 0 spiro atoms. The Bertz CT molecular complexity index is 1220. The number of aromatic nitrogens is 1. The van der Waals surface area contributed by atoms with Crippen LogP contribution in [-0.2, 0) is 20.9 Å². The van der Waals surface area contributed by atoms with Gasteiger partial charge < -0.3 is 20.3 Å². The third-order valence-corrected chi connectivity index (χ3v) is 7.76. The van der Waals surface area contributed by atoms with Crippen molar-refractivity contribution in [2.75, 3.05) is 26.8 Å². The Kier molecular flexibility index (Phi) is 9.23. The molecule has 1 aliphatic rings. The van der Waals surface area contributed by atoms with Crippen molar-refractivity contribution in [1.82, 2.24) is 20.5 Å². The fourth-order valence-corrected chi connectivity index (χ4v) is 5.56. The predicted octanol–water partition coefficient (Wildman–Crippen LogP) is 4.36. The second kappa shape index (κ2) is 12.6. The summed E-state index contributed by atoms with van der Waals surface area (Å²) in [6.07, 6.45) is 2.13. The minimum atomic E-state index is -0.666. The van der Waals surface area contributed by atoms with E-state index in [4.69, 9.17) is 4.74 Å². The van der Waals surface area contributed by atoms with Gasteiger partial charge in [0.05, 0.1) is 12.6 Å². The van der Waals surface area contributed by atoms with Crippen LogP contribution in [0.1, 0.15) is 38.1 Å². The van der Waals surface area contributed by atoms with E-state index in [1.54, 1.807) is 18.9 Å². The maximum Gasteiger partial charge on any atom is 0.245 e. The molecule has 1 aromatic heterocycles. The topological polar surface area (TPSA) is 83.6 Å². The number of rotatable bonds is 10. The third-order valence-electron chi connectivity index (χ3n) is 6.93. The van der Waals surface area contributed by atoms with E-state index in [1.807, 2.05) is 49.4 Å². The Morgan fingerprint density at radius 3 is 2.65 bits per heavy atom. The van der Waals surface area contributed by atoms with Gasteiger partial charge in [-0.15, -0.1) is 0 Å². The van der Waals surface area contributed by atoms with Crippen LogP contribution in [0.2, 0.25) is 0 Å². The Balaban J connectivity index is 1.60. The molecule has 1 unspecified atom stereocenters. The van der Waals surface area contributed by atoms with Crippen molar-refractivity contribution in [2.45, 2.75) is 51.7 Å². The van der Waals surface area contributed by atoms with Gasteiger partial charge in [0, 0.05) is 25.3 Å². The van der Waals surface area contributed by atoms with Gasteiger partial charge in [0.25, 0.3) is 0 Å². The lowest BCUT2D eigenvalue weighted by atomic mass is 9.90. The van der Waals surface area contributed by atoms with Crippen LogP contribution >= 0.6 is 11.3 Å². The van der Waals surface area contributed by atoms with E-state index in [0.717, 1.165) is 34.1 Å². The molecule has 2 heterocycles. The zero-order valence-electron chi connectivity index (χ0n) is 21.6. The van der Waals surface area contributed by atoms with Gasteiger partial charge in [0.2, 0.25) is 16.9 Å². The molecule has 2 aromatic carbocycles. The molecule has 37 heavy (non-hydrogen) atoms. The molecule has 0 aliphatic carbocycles. The van der Waals surface area contributed by atoms with Crippen LogP contribution < -0.4 is 10.6 Å². The van der Waals surface area contributed by atoms with Crippen LogP contribution in [0.4, 0.5) is 4.39 Å². The van der Waals surface area contributed by atoms with Gasteiger partial charge in [0.15, 0.2) is 0 Å². The summed E-state index contributed by atoms with van der Waals surface area (Å²) in [5.41, 5.74) is 1.04. The molecule has 7 nitrogen and oxygen atoms in total. The van der Waals surface area contributed by atoms with Crippen molar-refractivity contribution in [3.8, 4) is 11.3 Å². The third kappa shape index (κ3) is 6.34. The first-order chi connectivity index (χ1) is 17.9. The lowest BCUT2D eigenvalue weighted by molar-refractivity contribution is -0.140. The molecule has 2 atom stereocenters. The number of nitrogens with zero attached hydrogens (tertiary/aromatic N) is 2. The predicted molar refractivity (Wildman–Crippen MR) is 145 cm³/mol. The molecular formula is C28H35FN4O3S. The standard InChI is InChI=1S/C28H35FN4O3S/c1-4-14-33(28(35)24(20-12-15-36-16-13-20)32-27(34)18(2)30-3)17-23-31-25(26(29)37-23)22-11-7-9-19-8-5-6-10-21(19)22/h5-11,18,20,24,30H,4,12-17H2,1-3H3,(H,32,34)/t18-,24?/m0/s1. The largest absolute Gasteiger partial charge is 0.381 e. The van der Waals surface area contributed by atoms with Gasteiger partial charge in [-0.2, -0.15) is 4.39 Å². The van der Waals surface area contributed by atoms with Crippen LogP contribution in [0, 0.1) is 11.0 Å². The number of halogens is 1. The van der Waals surface area contributed by atoms with Crippen molar-refractivity contribution < 1.29 is 18.7 Å². The molecule has 0 radical (unpaired) electrons. The Morgan fingerprint density at radius 2 is 1.92 bits per heavy atom. The maximum absolute atomic E-state index is 15.2. The van der Waals surface area contributed by atoms with Crippen molar-refractivity contribution in [2.24, 2.45) is 5.92 Å². The van der Waals surface area contributed by atoms with Crippen LogP contribution in [0.5, 0.6) is 0 Å². The summed E-state index contributed by atoms with van der Waals surface area (Å²) in [5, 5.41) is 8.03. The molecule has 198 valence electrons. The summed E-state index contributed by atoms with van der Waals surface area (Å²) < 4.78 is 20.7. The Hall–Kier alpha value is -2.88. The summed E-state index contributed by atoms with van der Waals surface area (Å²) in [5.74, 6) is -0.400. The van der Waals surface area contributed by atoms with Gasteiger partial charge in [-0.3, -0.25) is 9.59 Å². The fraction of sp³-hybridized carbons (Fsp3) is 0.464. The number of ether oxygens (including phenoxy) is 1. The summed E-state index contributed by atoms with van der Waals surface area (Å²) >= 11 is 0.970. The van der Waals surface area contributed by atoms with E-state index in [-0.39, 0.29) is 29.4 Å². The maximum atomic E-state index is 15.2. The second-order valence-corrected chi connectivity index (χ2v) is 10.5. The molecule has 1 saturated heterocycles. The second-order valence-electron chi connectivity index (χ2n) is 9.46.